The smallest absolute Gasteiger partial charge is 0.313 e. The molecule has 152 valence electrons. The fraction of sp³-hybridized carbons (Fsp3) is 0.571. The SMILES string of the molecule is CCOC(=O)C1CCN(C(=O)C(=O)Nc2ccc(N3CCCCC3)cc2)CC1. The van der Waals surface area contributed by atoms with Gasteiger partial charge in [-0.3, -0.25) is 14.4 Å². The second-order valence-corrected chi connectivity index (χ2v) is 7.37. The van der Waals surface area contributed by atoms with Crippen molar-refractivity contribution in [3.63, 3.8) is 0 Å². The second kappa shape index (κ2) is 9.57. The molecule has 0 aliphatic carbocycles. The number of benzene rings is 1. The third-order valence-electron chi connectivity index (χ3n) is 5.44. The molecule has 7 heteroatoms. The van der Waals surface area contributed by atoms with Gasteiger partial charge in [0.05, 0.1) is 12.5 Å². The molecule has 3 rings (SSSR count). The molecule has 0 radical (unpaired) electrons. The molecule has 7 nitrogen and oxygen atoms in total. The molecule has 28 heavy (non-hydrogen) atoms. The summed E-state index contributed by atoms with van der Waals surface area (Å²) in [5.74, 6) is -1.59. The van der Waals surface area contributed by atoms with Crippen molar-refractivity contribution < 1.29 is 19.1 Å². The quantitative estimate of drug-likeness (QED) is 0.634. The van der Waals surface area contributed by atoms with Crippen LogP contribution in [0.1, 0.15) is 39.0 Å². The Kier molecular flexibility index (Phi) is 6.90. The van der Waals surface area contributed by atoms with Gasteiger partial charge in [-0.1, -0.05) is 0 Å². The lowest BCUT2D eigenvalue weighted by atomic mass is 9.97. The predicted octanol–water partition coefficient (Wildman–Crippen LogP) is 2.42. The highest BCUT2D eigenvalue weighted by Crippen LogP contribution is 2.22. The van der Waals surface area contributed by atoms with E-state index in [0.29, 0.717) is 38.2 Å². The number of likely N-dealkylation sites (tertiary alicyclic amines) is 1. The summed E-state index contributed by atoms with van der Waals surface area (Å²) in [7, 11) is 0. The first kappa shape index (κ1) is 20.2. The molecule has 2 aliphatic rings. The van der Waals surface area contributed by atoms with Crippen molar-refractivity contribution in [2.75, 3.05) is 43.0 Å². The molecule has 2 saturated heterocycles. The minimum atomic E-state index is -0.639. The Morgan fingerprint density at radius 3 is 2.25 bits per heavy atom. The average molecular weight is 387 g/mol. The van der Waals surface area contributed by atoms with Crippen LogP contribution in [-0.4, -0.2) is 55.5 Å². The number of hydrogen-bond acceptors (Lipinski definition) is 5. The largest absolute Gasteiger partial charge is 0.466 e. The first-order valence-corrected chi connectivity index (χ1v) is 10.2. The van der Waals surface area contributed by atoms with E-state index in [2.05, 4.69) is 10.2 Å². The Labute approximate surface area is 166 Å². The molecular weight excluding hydrogens is 358 g/mol. The monoisotopic (exact) mass is 387 g/mol. The summed E-state index contributed by atoms with van der Waals surface area (Å²) in [5.41, 5.74) is 1.76. The van der Waals surface area contributed by atoms with Crippen LogP contribution in [0.2, 0.25) is 0 Å². The van der Waals surface area contributed by atoms with E-state index in [1.165, 1.54) is 24.2 Å². The van der Waals surface area contributed by atoms with Crippen LogP contribution in [0.4, 0.5) is 11.4 Å². The summed E-state index contributed by atoms with van der Waals surface area (Å²) in [6.07, 6.45) is 4.76. The summed E-state index contributed by atoms with van der Waals surface area (Å²) >= 11 is 0. The topological polar surface area (TPSA) is 78.9 Å². The van der Waals surface area contributed by atoms with Gasteiger partial charge in [-0.25, -0.2) is 0 Å². The number of esters is 1. The molecule has 0 aromatic heterocycles. The van der Waals surface area contributed by atoms with E-state index in [4.69, 9.17) is 4.74 Å². The van der Waals surface area contributed by atoms with Gasteiger partial charge in [-0.05, 0) is 63.3 Å². The number of ether oxygens (including phenoxy) is 1. The number of anilines is 2. The zero-order chi connectivity index (χ0) is 19.9. The van der Waals surface area contributed by atoms with Crippen molar-refractivity contribution in [1.29, 1.82) is 0 Å². The van der Waals surface area contributed by atoms with Crippen LogP contribution < -0.4 is 10.2 Å². The third-order valence-corrected chi connectivity index (χ3v) is 5.44. The van der Waals surface area contributed by atoms with Gasteiger partial charge in [-0.2, -0.15) is 0 Å². The average Bonchev–Trinajstić information content (AvgIpc) is 2.74. The highest BCUT2D eigenvalue weighted by Gasteiger charge is 2.30. The minimum absolute atomic E-state index is 0.186. The number of nitrogens with zero attached hydrogens (tertiary/aromatic N) is 2. The van der Waals surface area contributed by atoms with Gasteiger partial charge < -0.3 is 19.9 Å². The lowest BCUT2D eigenvalue weighted by Gasteiger charge is -2.30. The molecule has 0 bridgehead atoms. The molecule has 1 N–H and O–H groups in total. The van der Waals surface area contributed by atoms with Gasteiger partial charge in [0.1, 0.15) is 0 Å². The van der Waals surface area contributed by atoms with E-state index in [9.17, 15) is 14.4 Å². The van der Waals surface area contributed by atoms with E-state index in [1.54, 1.807) is 6.92 Å². The fourth-order valence-corrected chi connectivity index (χ4v) is 3.81. The number of carbonyl (C=O) groups is 3. The summed E-state index contributed by atoms with van der Waals surface area (Å²) in [4.78, 5) is 40.4. The van der Waals surface area contributed by atoms with Gasteiger partial charge >= 0.3 is 17.8 Å². The molecule has 0 saturated carbocycles. The summed E-state index contributed by atoms with van der Waals surface area (Å²) in [5, 5.41) is 2.68. The molecule has 2 fully saturated rings. The molecule has 2 aliphatic heterocycles. The lowest BCUT2D eigenvalue weighted by molar-refractivity contribution is -0.152. The maximum atomic E-state index is 12.4. The van der Waals surface area contributed by atoms with Crippen molar-refractivity contribution in [2.45, 2.75) is 39.0 Å². The molecule has 0 unspecified atom stereocenters. The van der Waals surface area contributed by atoms with Crippen molar-refractivity contribution in [2.24, 2.45) is 5.92 Å². The van der Waals surface area contributed by atoms with Crippen LogP contribution in [0.3, 0.4) is 0 Å². The molecular formula is C21H29N3O4. The Bertz CT molecular complexity index is 690. The highest BCUT2D eigenvalue weighted by atomic mass is 16.5. The van der Waals surface area contributed by atoms with E-state index >= 15 is 0 Å². The van der Waals surface area contributed by atoms with Crippen LogP contribution in [-0.2, 0) is 19.1 Å². The fourth-order valence-electron chi connectivity index (χ4n) is 3.81. The maximum absolute atomic E-state index is 12.4. The first-order valence-electron chi connectivity index (χ1n) is 10.2. The Morgan fingerprint density at radius 1 is 1.00 bits per heavy atom. The molecule has 1 aromatic carbocycles. The first-order chi connectivity index (χ1) is 13.6. The predicted molar refractivity (Wildman–Crippen MR) is 107 cm³/mol. The van der Waals surface area contributed by atoms with Crippen molar-refractivity contribution in [3.05, 3.63) is 24.3 Å². The molecule has 1 aromatic rings. The van der Waals surface area contributed by atoms with E-state index in [-0.39, 0.29) is 11.9 Å². The van der Waals surface area contributed by atoms with Gasteiger partial charge in [0, 0.05) is 37.6 Å². The lowest BCUT2D eigenvalue weighted by Crippen LogP contribution is -2.45. The summed E-state index contributed by atoms with van der Waals surface area (Å²) in [6, 6.07) is 7.64. The summed E-state index contributed by atoms with van der Waals surface area (Å²) < 4.78 is 5.03. The van der Waals surface area contributed by atoms with Crippen LogP contribution in [0, 0.1) is 5.92 Å². The third kappa shape index (κ3) is 5.03. The van der Waals surface area contributed by atoms with Crippen molar-refractivity contribution in [3.8, 4) is 0 Å². The van der Waals surface area contributed by atoms with Crippen molar-refractivity contribution >= 4 is 29.2 Å². The number of piperidine rings is 2. The molecule has 2 heterocycles. The number of hydrogen-bond donors (Lipinski definition) is 1. The van der Waals surface area contributed by atoms with E-state index in [1.807, 2.05) is 24.3 Å². The van der Waals surface area contributed by atoms with Gasteiger partial charge in [0.25, 0.3) is 0 Å². The zero-order valence-corrected chi connectivity index (χ0v) is 16.5. The number of carbonyl (C=O) groups excluding carboxylic acids is 3. The van der Waals surface area contributed by atoms with E-state index < -0.39 is 11.8 Å². The van der Waals surface area contributed by atoms with Crippen LogP contribution in [0.5, 0.6) is 0 Å². The number of rotatable bonds is 4. The van der Waals surface area contributed by atoms with Crippen LogP contribution in [0.25, 0.3) is 0 Å². The maximum Gasteiger partial charge on any atom is 0.313 e. The van der Waals surface area contributed by atoms with Crippen molar-refractivity contribution in [1.82, 2.24) is 4.90 Å². The molecule has 2 amide bonds. The van der Waals surface area contributed by atoms with Crippen LogP contribution >= 0.6 is 0 Å². The van der Waals surface area contributed by atoms with Gasteiger partial charge in [0.15, 0.2) is 0 Å². The Hall–Kier alpha value is -2.57. The molecule has 0 atom stereocenters. The Balaban J connectivity index is 1.49. The second-order valence-electron chi connectivity index (χ2n) is 7.37. The molecule has 0 spiro atoms. The van der Waals surface area contributed by atoms with Gasteiger partial charge in [-0.15, -0.1) is 0 Å². The van der Waals surface area contributed by atoms with E-state index in [0.717, 1.165) is 18.8 Å². The zero-order valence-electron chi connectivity index (χ0n) is 16.5. The number of nitrogens with one attached hydrogen (secondary N) is 1. The highest BCUT2D eigenvalue weighted by molar-refractivity contribution is 6.39. The minimum Gasteiger partial charge on any atom is -0.466 e. The summed E-state index contributed by atoms with van der Waals surface area (Å²) in [6.45, 7) is 5.04. The van der Waals surface area contributed by atoms with Crippen LogP contribution in [0.15, 0.2) is 24.3 Å². The normalized spacial score (nSPS) is 17.9. The standard InChI is InChI=1S/C21H29N3O4/c1-2-28-21(27)16-10-14-24(15-11-16)20(26)19(25)22-17-6-8-18(9-7-17)23-12-4-3-5-13-23/h6-9,16H,2-5,10-15H2,1H3,(H,22,25). The number of amides is 2. The Morgan fingerprint density at radius 2 is 1.64 bits per heavy atom. The van der Waals surface area contributed by atoms with Gasteiger partial charge in [0.2, 0.25) is 0 Å².